The summed E-state index contributed by atoms with van der Waals surface area (Å²) in [6.07, 6.45) is 3.92. The van der Waals surface area contributed by atoms with Crippen molar-refractivity contribution in [2.24, 2.45) is 5.41 Å². The van der Waals surface area contributed by atoms with Gasteiger partial charge in [0.2, 0.25) is 5.91 Å². The molecule has 0 bridgehead atoms. The van der Waals surface area contributed by atoms with Gasteiger partial charge in [0.1, 0.15) is 0 Å². The van der Waals surface area contributed by atoms with Crippen LogP contribution in [0.2, 0.25) is 0 Å². The molecule has 3 N–H and O–H groups in total. The van der Waals surface area contributed by atoms with Crippen LogP contribution in [0.5, 0.6) is 0 Å². The van der Waals surface area contributed by atoms with Crippen LogP contribution in [0, 0.1) is 12.3 Å². The third-order valence-electron chi connectivity index (χ3n) is 4.95. The molecule has 2 fully saturated rings. The van der Waals surface area contributed by atoms with Gasteiger partial charge in [0.15, 0.2) is 0 Å². The molecule has 24 heavy (non-hydrogen) atoms. The van der Waals surface area contributed by atoms with Crippen molar-refractivity contribution < 1.29 is 19.5 Å². The average Bonchev–Trinajstić information content (AvgIpc) is 3.28. The molecule has 6 heteroatoms. The van der Waals surface area contributed by atoms with Gasteiger partial charge in [-0.25, -0.2) is 0 Å². The van der Waals surface area contributed by atoms with Crippen LogP contribution in [0.4, 0.5) is 5.69 Å². The molecule has 128 valence electrons. The third-order valence-corrected chi connectivity index (χ3v) is 4.95. The van der Waals surface area contributed by atoms with Crippen LogP contribution in [-0.2, 0) is 9.59 Å². The highest BCUT2D eigenvalue weighted by Crippen LogP contribution is 2.44. The van der Waals surface area contributed by atoms with Gasteiger partial charge in [0.05, 0.1) is 5.41 Å². The van der Waals surface area contributed by atoms with Gasteiger partial charge in [-0.1, -0.05) is 12.5 Å². The number of hydrogen-bond donors (Lipinski definition) is 3. The zero-order chi connectivity index (χ0) is 17.3. The lowest BCUT2D eigenvalue weighted by atomic mass is 9.66. The Kier molecular flexibility index (Phi) is 4.30. The van der Waals surface area contributed by atoms with E-state index >= 15 is 0 Å². The van der Waals surface area contributed by atoms with Crippen molar-refractivity contribution >= 4 is 23.5 Å². The number of amides is 2. The standard InChI is InChI=1S/C18H22N2O4/c1-11-3-4-12(16(22)19-13-5-6-13)9-14(11)20-15(21)10-18(17(23)24)7-2-8-18/h3-4,9,13H,2,5-8,10H2,1H3,(H,19,22)(H,20,21)(H,23,24). The Bertz CT molecular complexity index is 690. The Morgan fingerprint density at radius 1 is 1.25 bits per heavy atom. The van der Waals surface area contributed by atoms with Crippen LogP contribution in [-0.4, -0.2) is 28.9 Å². The molecule has 0 atom stereocenters. The first-order valence-electron chi connectivity index (χ1n) is 8.34. The van der Waals surface area contributed by atoms with Gasteiger partial charge < -0.3 is 15.7 Å². The predicted molar refractivity (Wildman–Crippen MR) is 88.8 cm³/mol. The van der Waals surface area contributed by atoms with E-state index in [2.05, 4.69) is 10.6 Å². The van der Waals surface area contributed by atoms with Crippen molar-refractivity contribution in [2.75, 3.05) is 5.32 Å². The number of rotatable bonds is 6. The zero-order valence-electron chi connectivity index (χ0n) is 13.7. The Morgan fingerprint density at radius 3 is 2.50 bits per heavy atom. The van der Waals surface area contributed by atoms with E-state index in [1.165, 1.54) is 0 Å². The quantitative estimate of drug-likeness (QED) is 0.746. The number of hydrogen-bond acceptors (Lipinski definition) is 3. The second-order valence-electron chi connectivity index (χ2n) is 6.94. The van der Waals surface area contributed by atoms with Crippen LogP contribution < -0.4 is 10.6 Å². The van der Waals surface area contributed by atoms with Gasteiger partial charge in [-0.2, -0.15) is 0 Å². The van der Waals surface area contributed by atoms with E-state index in [4.69, 9.17) is 0 Å². The lowest BCUT2D eigenvalue weighted by molar-refractivity contribution is -0.157. The van der Waals surface area contributed by atoms with E-state index in [9.17, 15) is 19.5 Å². The lowest BCUT2D eigenvalue weighted by Crippen LogP contribution is -2.41. The summed E-state index contributed by atoms with van der Waals surface area (Å²) in [6.45, 7) is 1.84. The number of aryl methyl sites for hydroxylation is 1. The number of nitrogens with one attached hydrogen (secondary N) is 2. The Hall–Kier alpha value is -2.37. The SMILES string of the molecule is Cc1ccc(C(=O)NC2CC2)cc1NC(=O)CC1(C(=O)O)CCC1. The van der Waals surface area contributed by atoms with Crippen LogP contribution in [0.25, 0.3) is 0 Å². The second kappa shape index (κ2) is 6.26. The van der Waals surface area contributed by atoms with Crippen LogP contribution in [0.1, 0.15) is 54.4 Å². The van der Waals surface area contributed by atoms with Crippen molar-refractivity contribution in [3.8, 4) is 0 Å². The molecule has 0 spiro atoms. The monoisotopic (exact) mass is 330 g/mol. The van der Waals surface area contributed by atoms with E-state index < -0.39 is 11.4 Å². The maximum absolute atomic E-state index is 12.3. The molecule has 1 aromatic rings. The normalized spacial score (nSPS) is 18.4. The van der Waals surface area contributed by atoms with Gasteiger partial charge in [-0.3, -0.25) is 14.4 Å². The molecule has 2 aliphatic carbocycles. The molecule has 2 saturated carbocycles. The van der Waals surface area contributed by atoms with E-state index in [0.717, 1.165) is 24.8 Å². The number of carbonyl (C=O) groups is 3. The number of benzene rings is 1. The van der Waals surface area contributed by atoms with Gasteiger partial charge in [-0.05, 0) is 50.3 Å². The number of carboxylic acids is 1. The first-order chi connectivity index (χ1) is 11.4. The van der Waals surface area contributed by atoms with E-state index in [-0.39, 0.29) is 24.3 Å². The average molecular weight is 330 g/mol. The number of carbonyl (C=O) groups excluding carboxylic acids is 2. The maximum atomic E-state index is 12.3. The number of carboxylic acid groups (broad SMARTS) is 1. The first kappa shape index (κ1) is 16.5. The minimum absolute atomic E-state index is 0.0275. The minimum Gasteiger partial charge on any atom is -0.481 e. The summed E-state index contributed by atoms with van der Waals surface area (Å²) in [4.78, 5) is 35.8. The molecule has 2 aliphatic rings. The number of anilines is 1. The molecule has 3 rings (SSSR count). The Labute approximate surface area is 140 Å². The molecule has 6 nitrogen and oxygen atoms in total. The highest BCUT2D eigenvalue weighted by molar-refractivity contribution is 5.99. The zero-order valence-corrected chi connectivity index (χ0v) is 13.7. The molecule has 2 amide bonds. The maximum Gasteiger partial charge on any atom is 0.310 e. The van der Waals surface area contributed by atoms with Crippen molar-refractivity contribution in [1.82, 2.24) is 5.32 Å². The highest BCUT2D eigenvalue weighted by Gasteiger charge is 2.45. The number of aliphatic carboxylic acids is 1. The van der Waals surface area contributed by atoms with Gasteiger partial charge in [-0.15, -0.1) is 0 Å². The molecule has 0 unspecified atom stereocenters. The van der Waals surface area contributed by atoms with Crippen LogP contribution >= 0.6 is 0 Å². The van der Waals surface area contributed by atoms with Gasteiger partial charge in [0.25, 0.3) is 5.91 Å². The smallest absolute Gasteiger partial charge is 0.310 e. The summed E-state index contributed by atoms with van der Waals surface area (Å²) in [5.74, 6) is -1.37. The third kappa shape index (κ3) is 3.42. The summed E-state index contributed by atoms with van der Waals surface area (Å²) in [5, 5.41) is 15.0. The molecular formula is C18H22N2O4. The van der Waals surface area contributed by atoms with Gasteiger partial charge >= 0.3 is 5.97 Å². The summed E-state index contributed by atoms with van der Waals surface area (Å²) in [5.41, 5.74) is 0.978. The van der Waals surface area contributed by atoms with Crippen LogP contribution in [0.15, 0.2) is 18.2 Å². The summed E-state index contributed by atoms with van der Waals surface area (Å²) in [6, 6.07) is 5.44. The van der Waals surface area contributed by atoms with E-state index in [1.807, 2.05) is 6.92 Å². The molecule has 0 aromatic heterocycles. The molecule has 0 heterocycles. The lowest BCUT2D eigenvalue weighted by Gasteiger charge is -2.36. The van der Waals surface area contributed by atoms with Crippen molar-refractivity contribution in [3.63, 3.8) is 0 Å². The van der Waals surface area contributed by atoms with Crippen molar-refractivity contribution in [3.05, 3.63) is 29.3 Å². The minimum atomic E-state index is -0.918. The molecule has 1 aromatic carbocycles. The van der Waals surface area contributed by atoms with Gasteiger partial charge in [0, 0.05) is 23.7 Å². The first-order valence-corrected chi connectivity index (χ1v) is 8.34. The van der Waals surface area contributed by atoms with Crippen molar-refractivity contribution in [1.29, 1.82) is 0 Å². The van der Waals surface area contributed by atoms with Crippen LogP contribution in [0.3, 0.4) is 0 Å². The fourth-order valence-electron chi connectivity index (χ4n) is 2.97. The predicted octanol–water partition coefficient (Wildman–Crippen LogP) is 2.47. The van der Waals surface area contributed by atoms with E-state index in [1.54, 1.807) is 18.2 Å². The summed E-state index contributed by atoms with van der Waals surface area (Å²) in [7, 11) is 0. The molecular weight excluding hydrogens is 308 g/mol. The Balaban J connectivity index is 1.68. The Morgan fingerprint density at radius 2 is 1.96 bits per heavy atom. The fourth-order valence-corrected chi connectivity index (χ4v) is 2.97. The van der Waals surface area contributed by atoms with Crippen molar-refractivity contribution in [2.45, 2.75) is 51.5 Å². The fraction of sp³-hybridized carbons (Fsp3) is 0.500. The second-order valence-corrected chi connectivity index (χ2v) is 6.94. The highest BCUT2D eigenvalue weighted by atomic mass is 16.4. The molecule has 0 aliphatic heterocycles. The van der Waals surface area contributed by atoms with E-state index in [0.29, 0.717) is 24.1 Å². The molecule has 0 radical (unpaired) electrons. The topological polar surface area (TPSA) is 95.5 Å². The largest absolute Gasteiger partial charge is 0.481 e. The molecule has 0 saturated heterocycles. The summed E-state index contributed by atoms with van der Waals surface area (Å²) < 4.78 is 0. The summed E-state index contributed by atoms with van der Waals surface area (Å²) >= 11 is 0.